The number of aromatic nitrogens is 1. The second-order valence-corrected chi connectivity index (χ2v) is 5.38. The minimum Gasteiger partial charge on any atom is -0.481 e. The standard InChI is InChI=1S/C18H21F3N4O2.HI/c1-3-22-17(24-12-14-8-6-10-16(25-14)26-2)23-11-13-7-4-5-9-15(13)27-18(19,20)21;/h4-10H,3,11-12H2,1-2H3,(H2,22,23,24);1H. The van der Waals surface area contributed by atoms with E-state index in [2.05, 4.69) is 25.3 Å². The summed E-state index contributed by atoms with van der Waals surface area (Å²) in [6.07, 6.45) is -4.75. The molecule has 6 nitrogen and oxygen atoms in total. The van der Waals surface area contributed by atoms with Gasteiger partial charge in [0.2, 0.25) is 5.88 Å². The van der Waals surface area contributed by atoms with E-state index in [9.17, 15) is 13.2 Å². The van der Waals surface area contributed by atoms with Crippen LogP contribution in [0.4, 0.5) is 13.2 Å². The van der Waals surface area contributed by atoms with Crippen LogP contribution in [-0.4, -0.2) is 31.0 Å². The predicted octanol–water partition coefficient (Wildman–Crippen LogP) is 3.86. The quantitative estimate of drug-likeness (QED) is 0.337. The Morgan fingerprint density at radius 3 is 2.54 bits per heavy atom. The van der Waals surface area contributed by atoms with Gasteiger partial charge < -0.3 is 20.1 Å². The van der Waals surface area contributed by atoms with Gasteiger partial charge in [0.1, 0.15) is 5.75 Å². The zero-order valence-electron chi connectivity index (χ0n) is 15.4. The molecule has 154 valence electrons. The zero-order valence-corrected chi connectivity index (χ0v) is 17.7. The number of methoxy groups -OCH3 is 1. The fourth-order valence-electron chi connectivity index (χ4n) is 2.21. The van der Waals surface area contributed by atoms with Crippen molar-refractivity contribution in [1.29, 1.82) is 0 Å². The molecule has 2 N–H and O–H groups in total. The van der Waals surface area contributed by atoms with Crippen molar-refractivity contribution in [2.75, 3.05) is 13.7 Å². The third kappa shape index (κ3) is 8.19. The lowest BCUT2D eigenvalue weighted by molar-refractivity contribution is -0.274. The van der Waals surface area contributed by atoms with Crippen LogP contribution in [0.15, 0.2) is 47.5 Å². The Bertz CT molecular complexity index is 772. The number of para-hydroxylation sites is 1. The fraction of sp³-hybridized carbons (Fsp3) is 0.333. The SMILES string of the molecule is CCNC(=NCc1ccccc1OC(F)(F)F)NCc1cccc(OC)n1.I. The lowest BCUT2D eigenvalue weighted by Gasteiger charge is -2.14. The van der Waals surface area contributed by atoms with E-state index in [-0.39, 0.29) is 36.3 Å². The first-order valence-corrected chi connectivity index (χ1v) is 8.27. The van der Waals surface area contributed by atoms with Gasteiger partial charge in [-0.2, -0.15) is 0 Å². The number of nitrogens with zero attached hydrogens (tertiary/aromatic N) is 2. The Hall–Kier alpha value is -2.24. The van der Waals surface area contributed by atoms with Crippen molar-refractivity contribution in [2.24, 2.45) is 4.99 Å². The van der Waals surface area contributed by atoms with Crippen molar-refractivity contribution in [3.8, 4) is 11.6 Å². The molecule has 0 aliphatic carbocycles. The van der Waals surface area contributed by atoms with Gasteiger partial charge in [-0.05, 0) is 19.1 Å². The van der Waals surface area contributed by atoms with Crippen molar-refractivity contribution in [3.05, 3.63) is 53.7 Å². The molecule has 1 aromatic carbocycles. The van der Waals surface area contributed by atoms with Crippen LogP contribution in [0.2, 0.25) is 0 Å². The number of ether oxygens (including phenoxy) is 2. The molecule has 0 spiro atoms. The maximum atomic E-state index is 12.5. The molecule has 0 atom stereocenters. The van der Waals surface area contributed by atoms with Crippen molar-refractivity contribution < 1.29 is 22.6 Å². The number of aliphatic imine (C=N–C) groups is 1. The average molecular weight is 510 g/mol. The second kappa shape index (κ2) is 11.6. The van der Waals surface area contributed by atoms with E-state index in [0.29, 0.717) is 30.5 Å². The van der Waals surface area contributed by atoms with Gasteiger partial charge in [-0.3, -0.25) is 0 Å². The predicted molar refractivity (Wildman–Crippen MR) is 111 cm³/mol. The van der Waals surface area contributed by atoms with Gasteiger partial charge in [0, 0.05) is 18.2 Å². The Morgan fingerprint density at radius 2 is 1.86 bits per heavy atom. The molecule has 1 heterocycles. The first kappa shape index (κ1) is 23.8. The molecule has 0 aliphatic rings. The number of guanidine groups is 1. The molecular formula is C18H22F3IN4O2. The molecule has 10 heteroatoms. The number of nitrogens with one attached hydrogen (secondary N) is 2. The Morgan fingerprint density at radius 1 is 1.11 bits per heavy atom. The first-order chi connectivity index (χ1) is 12.9. The number of halogens is 4. The molecule has 0 amide bonds. The normalized spacial score (nSPS) is 11.4. The maximum Gasteiger partial charge on any atom is 0.573 e. The minimum atomic E-state index is -4.75. The van der Waals surface area contributed by atoms with Crippen molar-refractivity contribution >= 4 is 29.9 Å². The van der Waals surface area contributed by atoms with E-state index in [1.807, 2.05) is 19.1 Å². The van der Waals surface area contributed by atoms with Crippen LogP contribution in [0.25, 0.3) is 0 Å². The summed E-state index contributed by atoms with van der Waals surface area (Å²) in [4.78, 5) is 8.60. The zero-order chi connectivity index (χ0) is 19.7. The van der Waals surface area contributed by atoms with E-state index in [1.54, 1.807) is 12.1 Å². The van der Waals surface area contributed by atoms with Crippen LogP contribution in [0.3, 0.4) is 0 Å². The third-order valence-electron chi connectivity index (χ3n) is 3.38. The molecule has 0 radical (unpaired) electrons. The molecular weight excluding hydrogens is 488 g/mol. The van der Waals surface area contributed by atoms with Crippen LogP contribution in [0, 0.1) is 0 Å². The summed E-state index contributed by atoms with van der Waals surface area (Å²) in [6, 6.07) is 11.3. The number of benzene rings is 1. The van der Waals surface area contributed by atoms with E-state index < -0.39 is 6.36 Å². The molecule has 0 unspecified atom stereocenters. The van der Waals surface area contributed by atoms with Gasteiger partial charge in [-0.15, -0.1) is 37.1 Å². The number of hydrogen-bond donors (Lipinski definition) is 2. The largest absolute Gasteiger partial charge is 0.573 e. The highest BCUT2D eigenvalue weighted by molar-refractivity contribution is 14.0. The summed E-state index contributed by atoms with van der Waals surface area (Å²) in [5, 5.41) is 6.12. The Labute approximate surface area is 178 Å². The summed E-state index contributed by atoms with van der Waals surface area (Å²) in [6.45, 7) is 2.89. The highest BCUT2D eigenvalue weighted by atomic mass is 127. The minimum absolute atomic E-state index is 0. The van der Waals surface area contributed by atoms with Crippen LogP contribution in [0.5, 0.6) is 11.6 Å². The van der Waals surface area contributed by atoms with Gasteiger partial charge in [-0.25, -0.2) is 9.98 Å². The molecule has 1 aromatic heterocycles. The number of pyridine rings is 1. The van der Waals surface area contributed by atoms with Crippen molar-refractivity contribution in [3.63, 3.8) is 0 Å². The van der Waals surface area contributed by atoms with E-state index in [4.69, 9.17) is 4.74 Å². The highest BCUT2D eigenvalue weighted by Crippen LogP contribution is 2.26. The Kier molecular flexibility index (Phi) is 9.83. The second-order valence-electron chi connectivity index (χ2n) is 5.38. The third-order valence-corrected chi connectivity index (χ3v) is 3.38. The van der Waals surface area contributed by atoms with Gasteiger partial charge in [0.15, 0.2) is 5.96 Å². The van der Waals surface area contributed by atoms with E-state index >= 15 is 0 Å². The van der Waals surface area contributed by atoms with E-state index in [1.165, 1.54) is 25.3 Å². The Balaban J connectivity index is 0.00000392. The van der Waals surface area contributed by atoms with Crippen LogP contribution >= 0.6 is 24.0 Å². The summed E-state index contributed by atoms with van der Waals surface area (Å²) < 4.78 is 46.7. The topological polar surface area (TPSA) is 67.8 Å². The van der Waals surface area contributed by atoms with Gasteiger partial charge in [-0.1, -0.05) is 24.3 Å². The van der Waals surface area contributed by atoms with Crippen molar-refractivity contribution in [1.82, 2.24) is 15.6 Å². The monoisotopic (exact) mass is 510 g/mol. The number of alkyl halides is 3. The van der Waals surface area contributed by atoms with Gasteiger partial charge in [0.25, 0.3) is 0 Å². The molecule has 0 fully saturated rings. The molecule has 2 aromatic rings. The lowest BCUT2D eigenvalue weighted by Crippen LogP contribution is -2.37. The summed E-state index contributed by atoms with van der Waals surface area (Å²) in [7, 11) is 1.53. The summed E-state index contributed by atoms with van der Waals surface area (Å²) in [5.74, 6) is 0.678. The molecule has 28 heavy (non-hydrogen) atoms. The molecule has 0 aliphatic heterocycles. The van der Waals surface area contributed by atoms with Crippen LogP contribution in [0.1, 0.15) is 18.2 Å². The summed E-state index contributed by atoms with van der Waals surface area (Å²) in [5.41, 5.74) is 1.06. The molecule has 0 bridgehead atoms. The average Bonchev–Trinajstić information content (AvgIpc) is 2.64. The fourth-order valence-corrected chi connectivity index (χ4v) is 2.21. The first-order valence-electron chi connectivity index (χ1n) is 8.27. The maximum absolute atomic E-state index is 12.5. The van der Waals surface area contributed by atoms with Crippen molar-refractivity contribution in [2.45, 2.75) is 26.4 Å². The summed E-state index contributed by atoms with van der Waals surface area (Å²) >= 11 is 0. The molecule has 0 saturated heterocycles. The van der Waals surface area contributed by atoms with Gasteiger partial charge in [0.05, 0.1) is 25.9 Å². The smallest absolute Gasteiger partial charge is 0.481 e. The van der Waals surface area contributed by atoms with Gasteiger partial charge >= 0.3 is 6.36 Å². The lowest BCUT2D eigenvalue weighted by atomic mass is 10.2. The highest BCUT2D eigenvalue weighted by Gasteiger charge is 2.31. The van der Waals surface area contributed by atoms with E-state index in [0.717, 1.165) is 5.69 Å². The number of rotatable bonds is 7. The van der Waals surface area contributed by atoms with Crippen LogP contribution < -0.4 is 20.1 Å². The van der Waals surface area contributed by atoms with Crippen LogP contribution in [-0.2, 0) is 13.1 Å². The molecule has 2 rings (SSSR count). The number of hydrogen-bond acceptors (Lipinski definition) is 4. The molecule has 0 saturated carbocycles.